The summed E-state index contributed by atoms with van der Waals surface area (Å²) in [4.78, 5) is 29.4. The van der Waals surface area contributed by atoms with Gasteiger partial charge in [0.25, 0.3) is 5.91 Å². The van der Waals surface area contributed by atoms with Crippen molar-refractivity contribution in [3.63, 3.8) is 0 Å². The second-order valence-corrected chi connectivity index (χ2v) is 8.83. The summed E-state index contributed by atoms with van der Waals surface area (Å²) in [6.07, 6.45) is -1.90. The summed E-state index contributed by atoms with van der Waals surface area (Å²) in [7, 11) is 0. The third-order valence-corrected chi connectivity index (χ3v) is 6.31. The highest BCUT2D eigenvalue weighted by Gasteiger charge is 2.45. The number of ether oxygens (including phenoxy) is 1. The largest absolute Gasteiger partial charge is 0.480 e. The number of carbonyl (C=O) groups excluding carboxylic acids is 1. The van der Waals surface area contributed by atoms with Crippen LogP contribution in [0.1, 0.15) is 16.1 Å². The average Bonchev–Trinajstić information content (AvgIpc) is 3.30. The van der Waals surface area contributed by atoms with Crippen molar-refractivity contribution in [1.82, 2.24) is 14.7 Å². The highest BCUT2D eigenvalue weighted by molar-refractivity contribution is 9.10. The fourth-order valence-electron chi connectivity index (χ4n) is 3.97. The Morgan fingerprint density at radius 2 is 1.94 bits per heavy atom. The van der Waals surface area contributed by atoms with Gasteiger partial charge in [-0.05, 0) is 40.2 Å². The summed E-state index contributed by atoms with van der Waals surface area (Å²) in [6.45, 7) is -1.07. The predicted molar refractivity (Wildman–Crippen MR) is 120 cm³/mol. The molecule has 1 aliphatic heterocycles. The van der Waals surface area contributed by atoms with Crippen molar-refractivity contribution in [3.05, 3.63) is 64.0 Å². The van der Waals surface area contributed by atoms with Crippen LogP contribution in [0.4, 0.5) is 27.6 Å². The zero-order chi connectivity index (χ0) is 26.2. The number of nitrogens with zero attached hydrogens (tertiary/aromatic N) is 3. The molecule has 3 heterocycles. The minimum Gasteiger partial charge on any atom is -0.480 e. The monoisotopic (exact) mass is 576 g/mol. The Labute approximate surface area is 208 Å². The Morgan fingerprint density at radius 1 is 1.25 bits per heavy atom. The van der Waals surface area contributed by atoms with Crippen molar-refractivity contribution in [1.29, 1.82) is 0 Å². The highest BCUT2D eigenvalue weighted by Crippen LogP contribution is 2.32. The summed E-state index contributed by atoms with van der Waals surface area (Å²) in [5.41, 5.74) is -0.583. The number of carbonyl (C=O) groups is 2. The summed E-state index contributed by atoms with van der Waals surface area (Å²) in [5, 5.41) is 11.7. The first kappa shape index (κ1) is 25.8. The van der Waals surface area contributed by atoms with Gasteiger partial charge in [0.1, 0.15) is 29.3 Å². The minimum absolute atomic E-state index is 0.0847. The van der Waals surface area contributed by atoms with E-state index in [0.717, 1.165) is 4.90 Å². The van der Waals surface area contributed by atoms with E-state index >= 15 is 0 Å². The summed E-state index contributed by atoms with van der Waals surface area (Å²) >= 11 is 3.32. The molecular formula is C22H18BrF5N4O4. The number of nitrogens with one attached hydrogen (secondary N) is 1. The fraction of sp³-hybridized carbons (Fsp3) is 0.318. The normalized spacial score (nSPS) is 17.3. The molecule has 0 spiro atoms. The summed E-state index contributed by atoms with van der Waals surface area (Å²) in [6, 6.07) is 0.763. The molecular weight excluding hydrogens is 559 g/mol. The molecule has 2 aromatic heterocycles. The van der Waals surface area contributed by atoms with Crippen LogP contribution in [-0.4, -0.2) is 64.4 Å². The van der Waals surface area contributed by atoms with E-state index in [1.807, 2.05) is 0 Å². The SMILES string of the molecule is O=C(NC(Cc1ccc(Br)c2nccn12)C(=O)O)c1c(F)cc(N2CCOCC2C(F)(F)F)cc1F. The van der Waals surface area contributed by atoms with Gasteiger partial charge >= 0.3 is 12.1 Å². The van der Waals surface area contributed by atoms with Gasteiger partial charge in [0.2, 0.25) is 0 Å². The lowest BCUT2D eigenvalue weighted by molar-refractivity contribution is -0.167. The molecule has 36 heavy (non-hydrogen) atoms. The van der Waals surface area contributed by atoms with Gasteiger partial charge in [-0.3, -0.25) is 4.79 Å². The van der Waals surface area contributed by atoms with Crippen LogP contribution in [0, 0.1) is 11.6 Å². The maximum absolute atomic E-state index is 14.8. The highest BCUT2D eigenvalue weighted by atomic mass is 79.9. The fourth-order valence-corrected chi connectivity index (χ4v) is 4.39. The standard InChI is InChI=1S/C22H18BrF5N4O4/c23-13-2-1-11(32-4-3-29-19(13)32)9-16(21(34)35)30-20(33)18-14(24)7-12(8-15(18)25)31-5-6-36-10-17(31)22(26,27)28/h1-4,7-8,16-17H,5-6,9-10H2,(H,30,33)(H,34,35). The predicted octanol–water partition coefficient (Wildman–Crippen LogP) is 3.57. The van der Waals surface area contributed by atoms with E-state index in [0.29, 0.717) is 27.9 Å². The molecule has 1 aliphatic rings. The molecule has 3 aromatic rings. The minimum atomic E-state index is -4.72. The molecule has 0 saturated carbocycles. The van der Waals surface area contributed by atoms with Crippen molar-refractivity contribution in [3.8, 4) is 0 Å². The number of hydrogen-bond acceptors (Lipinski definition) is 5. The van der Waals surface area contributed by atoms with Crippen LogP contribution in [0.3, 0.4) is 0 Å². The third-order valence-electron chi connectivity index (χ3n) is 5.69. The lowest BCUT2D eigenvalue weighted by atomic mass is 10.1. The van der Waals surface area contributed by atoms with Crippen LogP contribution in [-0.2, 0) is 16.0 Å². The van der Waals surface area contributed by atoms with Gasteiger partial charge in [-0.1, -0.05) is 0 Å². The first-order valence-electron chi connectivity index (χ1n) is 10.5. The van der Waals surface area contributed by atoms with Crippen LogP contribution in [0.15, 0.2) is 41.1 Å². The molecule has 14 heteroatoms. The molecule has 0 radical (unpaired) electrons. The molecule has 1 saturated heterocycles. The number of pyridine rings is 1. The molecule has 1 amide bonds. The van der Waals surface area contributed by atoms with Crippen LogP contribution < -0.4 is 10.2 Å². The number of carboxylic acids is 1. The van der Waals surface area contributed by atoms with Crippen LogP contribution in [0.5, 0.6) is 0 Å². The van der Waals surface area contributed by atoms with E-state index in [9.17, 15) is 36.6 Å². The van der Waals surface area contributed by atoms with E-state index in [-0.39, 0.29) is 19.6 Å². The van der Waals surface area contributed by atoms with E-state index in [1.165, 1.54) is 6.20 Å². The van der Waals surface area contributed by atoms with E-state index in [1.54, 1.807) is 22.7 Å². The Hall–Kier alpha value is -3.26. The Kier molecular flexibility index (Phi) is 7.18. The van der Waals surface area contributed by atoms with Crippen molar-refractivity contribution >= 4 is 39.1 Å². The number of aromatic nitrogens is 2. The molecule has 2 atom stereocenters. The second kappa shape index (κ2) is 10.0. The summed E-state index contributed by atoms with van der Waals surface area (Å²) < 4.78 is 76.8. The zero-order valence-corrected chi connectivity index (χ0v) is 19.8. The van der Waals surface area contributed by atoms with E-state index in [4.69, 9.17) is 4.74 Å². The second-order valence-electron chi connectivity index (χ2n) is 7.97. The van der Waals surface area contributed by atoms with Gasteiger partial charge in [-0.2, -0.15) is 13.2 Å². The lowest BCUT2D eigenvalue weighted by Crippen LogP contribution is -2.53. The van der Waals surface area contributed by atoms with Crippen LogP contribution >= 0.6 is 15.9 Å². The molecule has 0 aliphatic carbocycles. The third kappa shape index (κ3) is 5.14. The lowest BCUT2D eigenvalue weighted by Gasteiger charge is -2.38. The molecule has 2 unspecified atom stereocenters. The van der Waals surface area contributed by atoms with E-state index in [2.05, 4.69) is 26.2 Å². The number of alkyl halides is 3. The number of halogens is 6. The van der Waals surface area contributed by atoms with Crippen molar-refractivity contribution < 1.29 is 41.4 Å². The Balaban J connectivity index is 1.58. The van der Waals surface area contributed by atoms with Crippen LogP contribution in [0.25, 0.3) is 5.65 Å². The summed E-state index contributed by atoms with van der Waals surface area (Å²) in [5.74, 6) is -5.69. The molecule has 8 nitrogen and oxygen atoms in total. The topological polar surface area (TPSA) is 96.2 Å². The number of anilines is 1. The molecule has 0 bridgehead atoms. The van der Waals surface area contributed by atoms with Gasteiger partial charge in [-0.15, -0.1) is 0 Å². The zero-order valence-electron chi connectivity index (χ0n) is 18.2. The molecule has 2 N–H and O–H groups in total. The number of benzene rings is 1. The van der Waals surface area contributed by atoms with Gasteiger partial charge in [0.05, 0.1) is 17.7 Å². The number of hydrogen-bond donors (Lipinski definition) is 2. The van der Waals surface area contributed by atoms with Crippen molar-refractivity contribution in [2.45, 2.75) is 24.7 Å². The quantitative estimate of drug-likeness (QED) is 0.436. The van der Waals surface area contributed by atoms with Gasteiger partial charge < -0.3 is 24.5 Å². The number of rotatable bonds is 6. The molecule has 1 fully saturated rings. The first-order chi connectivity index (χ1) is 17.0. The molecule has 4 rings (SSSR count). The van der Waals surface area contributed by atoms with Gasteiger partial charge in [0.15, 0.2) is 5.65 Å². The van der Waals surface area contributed by atoms with Crippen LogP contribution in [0.2, 0.25) is 0 Å². The van der Waals surface area contributed by atoms with Crippen molar-refractivity contribution in [2.75, 3.05) is 24.7 Å². The van der Waals surface area contributed by atoms with Gasteiger partial charge in [-0.25, -0.2) is 18.6 Å². The number of fused-ring (bicyclic) bond motifs is 1. The van der Waals surface area contributed by atoms with Gasteiger partial charge in [0, 0.05) is 36.7 Å². The maximum atomic E-state index is 14.8. The number of imidazole rings is 1. The average molecular weight is 577 g/mol. The van der Waals surface area contributed by atoms with E-state index < -0.39 is 59.6 Å². The molecule has 1 aromatic carbocycles. The number of carboxylic acid groups (broad SMARTS) is 1. The number of aliphatic carboxylic acids is 1. The number of amides is 1. The Bertz CT molecular complexity index is 1290. The smallest absolute Gasteiger partial charge is 0.411 e. The van der Waals surface area contributed by atoms with Crippen molar-refractivity contribution in [2.24, 2.45) is 0 Å². The number of morpholine rings is 1. The molecule has 192 valence electrons. The first-order valence-corrected chi connectivity index (χ1v) is 11.3. The Morgan fingerprint density at radius 3 is 2.58 bits per heavy atom. The maximum Gasteiger partial charge on any atom is 0.411 e.